The van der Waals surface area contributed by atoms with Gasteiger partial charge in [0, 0.05) is 17.8 Å². The Labute approximate surface area is 96.1 Å². The van der Waals surface area contributed by atoms with E-state index in [4.69, 9.17) is 0 Å². The zero-order valence-corrected chi connectivity index (χ0v) is 9.91. The number of carbonyl (C=O) groups is 1. The van der Waals surface area contributed by atoms with E-state index in [1.54, 1.807) is 6.92 Å². The molecule has 0 aliphatic carbocycles. The molecule has 1 aromatic carbocycles. The summed E-state index contributed by atoms with van der Waals surface area (Å²) >= 11 is 0. The van der Waals surface area contributed by atoms with Crippen LogP contribution in [-0.4, -0.2) is 19.6 Å². The van der Waals surface area contributed by atoms with Crippen molar-refractivity contribution in [2.45, 2.75) is 13.8 Å². The second kappa shape index (κ2) is 5.95. The number of anilines is 1. The van der Waals surface area contributed by atoms with Crippen LogP contribution in [0.5, 0.6) is 0 Å². The molecule has 0 spiro atoms. The molecule has 0 radical (unpaired) electrons. The highest BCUT2D eigenvalue weighted by atomic mass is 16.5. The average Bonchev–Trinajstić information content (AvgIpc) is 2.30. The Morgan fingerprint density at radius 3 is 2.56 bits per heavy atom. The van der Waals surface area contributed by atoms with E-state index in [0.717, 1.165) is 5.69 Å². The van der Waals surface area contributed by atoms with Gasteiger partial charge in [0.1, 0.15) is 0 Å². The Balaban J connectivity index is 2.46. The van der Waals surface area contributed by atoms with E-state index in [1.807, 2.05) is 37.3 Å². The van der Waals surface area contributed by atoms with Crippen molar-refractivity contribution in [1.29, 1.82) is 0 Å². The largest absolute Gasteiger partial charge is 0.466 e. The molecule has 86 valence electrons. The highest BCUT2D eigenvalue weighted by Gasteiger charge is 2.00. The summed E-state index contributed by atoms with van der Waals surface area (Å²) in [7, 11) is 1.38. The van der Waals surface area contributed by atoms with Gasteiger partial charge < -0.3 is 10.1 Å². The SMILES string of the molecule is COC(=O)/C(C)=C/CNc1ccc(C)cc1. The van der Waals surface area contributed by atoms with Crippen LogP contribution in [0.25, 0.3) is 0 Å². The van der Waals surface area contributed by atoms with Crippen molar-refractivity contribution in [2.75, 3.05) is 19.0 Å². The third-order valence-electron chi connectivity index (χ3n) is 2.27. The summed E-state index contributed by atoms with van der Waals surface area (Å²) in [6.07, 6.45) is 1.81. The van der Waals surface area contributed by atoms with Gasteiger partial charge in [-0.3, -0.25) is 0 Å². The Kier molecular flexibility index (Phi) is 4.58. The van der Waals surface area contributed by atoms with Crippen LogP contribution in [-0.2, 0) is 9.53 Å². The normalized spacial score (nSPS) is 11.1. The Morgan fingerprint density at radius 2 is 2.00 bits per heavy atom. The van der Waals surface area contributed by atoms with Crippen LogP contribution in [0.1, 0.15) is 12.5 Å². The molecule has 0 heterocycles. The third-order valence-corrected chi connectivity index (χ3v) is 2.27. The summed E-state index contributed by atoms with van der Waals surface area (Å²) in [5, 5.41) is 3.20. The van der Waals surface area contributed by atoms with E-state index in [-0.39, 0.29) is 5.97 Å². The molecule has 0 aromatic heterocycles. The maximum atomic E-state index is 11.1. The topological polar surface area (TPSA) is 38.3 Å². The molecule has 0 atom stereocenters. The number of hydrogen-bond donors (Lipinski definition) is 1. The fourth-order valence-electron chi connectivity index (χ4n) is 1.24. The average molecular weight is 219 g/mol. The zero-order valence-electron chi connectivity index (χ0n) is 9.91. The van der Waals surface area contributed by atoms with E-state index in [0.29, 0.717) is 12.1 Å². The molecule has 0 aliphatic heterocycles. The Morgan fingerprint density at radius 1 is 1.38 bits per heavy atom. The monoisotopic (exact) mass is 219 g/mol. The number of benzene rings is 1. The first-order chi connectivity index (χ1) is 7.63. The molecule has 1 rings (SSSR count). The van der Waals surface area contributed by atoms with Gasteiger partial charge in [0.2, 0.25) is 0 Å². The summed E-state index contributed by atoms with van der Waals surface area (Å²) in [5.74, 6) is -0.286. The summed E-state index contributed by atoms with van der Waals surface area (Å²) < 4.78 is 4.60. The van der Waals surface area contributed by atoms with Crippen molar-refractivity contribution in [1.82, 2.24) is 0 Å². The predicted molar refractivity (Wildman–Crippen MR) is 65.4 cm³/mol. The van der Waals surface area contributed by atoms with E-state index < -0.39 is 0 Å². The summed E-state index contributed by atoms with van der Waals surface area (Å²) in [6, 6.07) is 8.10. The van der Waals surface area contributed by atoms with Crippen LogP contribution in [0.2, 0.25) is 0 Å². The van der Waals surface area contributed by atoms with Crippen LogP contribution >= 0.6 is 0 Å². The van der Waals surface area contributed by atoms with Crippen LogP contribution in [0.4, 0.5) is 5.69 Å². The molecule has 0 fully saturated rings. The van der Waals surface area contributed by atoms with E-state index in [2.05, 4.69) is 10.1 Å². The molecular weight excluding hydrogens is 202 g/mol. The molecule has 0 saturated carbocycles. The first-order valence-corrected chi connectivity index (χ1v) is 5.19. The molecule has 0 amide bonds. The lowest BCUT2D eigenvalue weighted by Crippen LogP contribution is -2.05. The molecule has 0 bridgehead atoms. The van der Waals surface area contributed by atoms with Gasteiger partial charge in [-0.15, -0.1) is 0 Å². The molecule has 1 aromatic rings. The Bertz CT molecular complexity index is 379. The molecule has 3 nitrogen and oxygen atoms in total. The van der Waals surface area contributed by atoms with Crippen LogP contribution in [0, 0.1) is 6.92 Å². The third kappa shape index (κ3) is 3.77. The quantitative estimate of drug-likeness (QED) is 0.624. The number of esters is 1. The van der Waals surface area contributed by atoms with Crippen molar-refractivity contribution in [2.24, 2.45) is 0 Å². The number of carbonyl (C=O) groups excluding carboxylic acids is 1. The van der Waals surface area contributed by atoms with Crippen molar-refractivity contribution in [3.05, 3.63) is 41.5 Å². The standard InChI is InChI=1S/C13H17NO2/c1-10-4-6-12(7-5-10)14-9-8-11(2)13(15)16-3/h4-8,14H,9H2,1-3H3/b11-8+. The minimum atomic E-state index is -0.286. The lowest BCUT2D eigenvalue weighted by molar-refractivity contribution is -0.136. The summed E-state index contributed by atoms with van der Waals surface area (Å²) in [4.78, 5) is 11.1. The minimum Gasteiger partial charge on any atom is -0.466 e. The van der Waals surface area contributed by atoms with Crippen LogP contribution in [0.15, 0.2) is 35.9 Å². The van der Waals surface area contributed by atoms with Gasteiger partial charge in [-0.1, -0.05) is 23.8 Å². The van der Waals surface area contributed by atoms with E-state index in [9.17, 15) is 4.79 Å². The molecule has 0 saturated heterocycles. The molecule has 0 unspecified atom stereocenters. The number of aryl methyl sites for hydroxylation is 1. The Hall–Kier alpha value is -1.77. The first-order valence-electron chi connectivity index (χ1n) is 5.19. The summed E-state index contributed by atoms with van der Waals surface area (Å²) in [6.45, 7) is 4.40. The predicted octanol–water partition coefficient (Wildman–Crippen LogP) is 2.53. The van der Waals surface area contributed by atoms with E-state index in [1.165, 1.54) is 12.7 Å². The van der Waals surface area contributed by atoms with Crippen molar-refractivity contribution in [3.63, 3.8) is 0 Å². The van der Waals surface area contributed by atoms with Gasteiger partial charge in [-0.25, -0.2) is 4.79 Å². The molecule has 3 heteroatoms. The highest BCUT2D eigenvalue weighted by Crippen LogP contribution is 2.08. The van der Waals surface area contributed by atoms with Crippen molar-refractivity contribution < 1.29 is 9.53 Å². The van der Waals surface area contributed by atoms with Gasteiger partial charge in [-0.05, 0) is 26.0 Å². The van der Waals surface area contributed by atoms with Gasteiger partial charge >= 0.3 is 5.97 Å². The van der Waals surface area contributed by atoms with Gasteiger partial charge in [0.05, 0.1) is 7.11 Å². The first kappa shape index (κ1) is 12.3. The van der Waals surface area contributed by atoms with Crippen molar-refractivity contribution in [3.8, 4) is 0 Å². The fraction of sp³-hybridized carbons (Fsp3) is 0.308. The number of nitrogens with one attached hydrogen (secondary N) is 1. The van der Waals surface area contributed by atoms with E-state index >= 15 is 0 Å². The lowest BCUT2D eigenvalue weighted by Gasteiger charge is -2.04. The number of ether oxygens (including phenoxy) is 1. The van der Waals surface area contributed by atoms with Gasteiger partial charge in [0.15, 0.2) is 0 Å². The smallest absolute Gasteiger partial charge is 0.333 e. The molecule has 16 heavy (non-hydrogen) atoms. The number of rotatable bonds is 4. The second-order valence-electron chi connectivity index (χ2n) is 3.63. The zero-order chi connectivity index (χ0) is 12.0. The molecule has 1 N–H and O–H groups in total. The maximum absolute atomic E-state index is 11.1. The van der Waals surface area contributed by atoms with Crippen molar-refractivity contribution >= 4 is 11.7 Å². The van der Waals surface area contributed by atoms with Crippen LogP contribution in [0.3, 0.4) is 0 Å². The maximum Gasteiger partial charge on any atom is 0.333 e. The lowest BCUT2D eigenvalue weighted by atomic mass is 10.2. The number of methoxy groups -OCH3 is 1. The highest BCUT2D eigenvalue weighted by molar-refractivity contribution is 5.87. The van der Waals surface area contributed by atoms with Crippen LogP contribution < -0.4 is 5.32 Å². The minimum absolute atomic E-state index is 0.286. The summed E-state index contributed by atoms with van der Waals surface area (Å²) in [5.41, 5.74) is 2.88. The second-order valence-corrected chi connectivity index (χ2v) is 3.63. The molecule has 0 aliphatic rings. The number of hydrogen-bond acceptors (Lipinski definition) is 3. The molecular formula is C13H17NO2. The van der Waals surface area contributed by atoms with Gasteiger partial charge in [-0.2, -0.15) is 0 Å². The van der Waals surface area contributed by atoms with Gasteiger partial charge in [0.25, 0.3) is 0 Å². The fourth-order valence-corrected chi connectivity index (χ4v) is 1.24.